The number of likely N-dealkylation sites (tertiary alicyclic amines) is 1. The fraction of sp³-hybridized carbons (Fsp3) is 0.750. The lowest BCUT2D eigenvalue weighted by atomic mass is 10.2. The summed E-state index contributed by atoms with van der Waals surface area (Å²) in [6.07, 6.45) is 5.22. The molecule has 0 aliphatic carbocycles. The number of hydrazine groups is 1. The Morgan fingerprint density at radius 2 is 1.72 bits per heavy atom. The zero-order valence-corrected chi connectivity index (χ0v) is 10.6. The third-order valence-corrected chi connectivity index (χ3v) is 3.08. The van der Waals surface area contributed by atoms with Crippen LogP contribution in [0.25, 0.3) is 0 Å². The Labute approximate surface area is 107 Å². The van der Waals surface area contributed by atoms with Crippen LogP contribution in [0.2, 0.25) is 0 Å². The van der Waals surface area contributed by atoms with Crippen LogP contribution in [0.4, 0.5) is 0 Å². The van der Waals surface area contributed by atoms with Gasteiger partial charge in [-0.3, -0.25) is 24.7 Å². The van der Waals surface area contributed by atoms with Gasteiger partial charge >= 0.3 is 0 Å². The van der Waals surface area contributed by atoms with Crippen molar-refractivity contribution in [3.63, 3.8) is 0 Å². The number of nitrogens with zero attached hydrogens (tertiary/aromatic N) is 1. The summed E-state index contributed by atoms with van der Waals surface area (Å²) in [5.74, 6) is 4.66. The summed E-state index contributed by atoms with van der Waals surface area (Å²) in [5, 5.41) is 0. The Kier molecular flexibility index (Phi) is 6.35. The average Bonchev–Trinajstić information content (AvgIpc) is 2.52. The first kappa shape index (κ1) is 14.6. The molecule has 1 saturated heterocycles. The molecule has 1 aliphatic rings. The number of nitrogens with one attached hydrogen (secondary N) is 1. The number of nitrogens with two attached hydrogens (primary N) is 1. The van der Waals surface area contributed by atoms with Gasteiger partial charge in [0.25, 0.3) is 0 Å². The first-order chi connectivity index (χ1) is 8.65. The molecule has 1 aliphatic heterocycles. The van der Waals surface area contributed by atoms with Crippen molar-refractivity contribution < 1.29 is 14.4 Å². The average molecular weight is 255 g/mol. The molecule has 1 rings (SSSR count). The van der Waals surface area contributed by atoms with Gasteiger partial charge in [-0.15, -0.1) is 0 Å². The van der Waals surface area contributed by atoms with Crippen molar-refractivity contribution in [1.29, 1.82) is 0 Å². The molecule has 0 aromatic heterocycles. The van der Waals surface area contributed by atoms with Crippen LogP contribution >= 0.6 is 0 Å². The highest BCUT2D eigenvalue weighted by atomic mass is 16.2. The van der Waals surface area contributed by atoms with Crippen molar-refractivity contribution in [2.45, 2.75) is 51.4 Å². The molecule has 0 spiro atoms. The predicted octanol–water partition coefficient (Wildman–Crippen LogP) is 0.466. The molecule has 3 amide bonds. The normalized spacial score (nSPS) is 16.6. The summed E-state index contributed by atoms with van der Waals surface area (Å²) in [5.41, 5.74) is 2.07. The van der Waals surface area contributed by atoms with E-state index in [1.54, 1.807) is 0 Å². The summed E-state index contributed by atoms with van der Waals surface area (Å²) in [6.45, 7) is 0.474. The van der Waals surface area contributed by atoms with E-state index in [9.17, 15) is 14.4 Å². The zero-order valence-electron chi connectivity index (χ0n) is 10.6. The number of hydrogen-bond donors (Lipinski definition) is 2. The van der Waals surface area contributed by atoms with Crippen molar-refractivity contribution in [2.75, 3.05) is 6.54 Å². The SMILES string of the molecule is NNC(=O)CCCCCN1C(=O)CCCCC1=O. The maximum absolute atomic E-state index is 11.7. The molecule has 18 heavy (non-hydrogen) atoms. The van der Waals surface area contributed by atoms with E-state index in [2.05, 4.69) is 5.43 Å². The van der Waals surface area contributed by atoms with Gasteiger partial charge in [-0.1, -0.05) is 6.42 Å². The standard InChI is InChI=1S/C12H21N3O3/c13-14-10(16)6-2-1-5-9-15-11(17)7-3-4-8-12(15)18/h1-9,13H2,(H,14,16). The minimum Gasteiger partial charge on any atom is -0.294 e. The van der Waals surface area contributed by atoms with Gasteiger partial charge in [0.05, 0.1) is 0 Å². The Bertz CT molecular complexity index is 300. The summed E-state index contributed by atoms with van der Waals surface area (Å²) < 4.78 is 0. The minimum absolute atomic E-state index is 0.0581. The molecule has 102 valence electrons. The Morgan fingerprint density at radius 1 is 1.11 bits per heavy atom. The first-order valence-electron chi connectivity index (χ1n) is 6.48. The molecular formula is C12H21N3O3. The van der Waals surface area contributed by atoms with E-state index < -0.39 is 0 Å². The topological polar surface area (TPSA) is 92.5 Å². The highest BCUT2D eigenvalue weighted by molar-refractivity contribution is 5.95. The molecule has 0 atom stereocenters. The van der Waals surface area contributed by atoms with Crippen molar-refractivity contribution in [2.24, 2.45) is 5.84 Å². The fourth-order valence-corrected chi connectivity index (χ4v) is 2.02. The quantitative estimate of drug-likeness (QED) is 0.237. The second-order valence-corrected chi connectivity index (χ2v) is 4.52. The molecule has 1 fully saturated rings. The Morgan fingerprint density at radius 3 is 2.28 bits per heavy atom. The van der Waals surface area contributed by atoms with Gasteiger partial charge in [0.1, 0.15) is 0 Å². The second kappa shape index (κ2) is 7.81. The maximum atomic E-state index is 11.7. The van der Waals surface area contributed by atoms with E-state index >= 15 is 0 Å². The summed E-state index contributed by atoms with van der Waals surface area (Å²) in [7, 11) is 0. The lowest BCUT2D eigenvalue weighted by molar-refractivity contribution is -0.143. The van der Waals surface area contributed by atoms with Crippen LogP contribution < -0.4 is 11.3 Å². The minimum atomic E-state index is -0.183. The monoisotopic (exact) mass is 255 g/mol. The van der Waals surface area contributed by atoms with E-state index in [4.69, 9.17) is 5.84 Å². The third kappa shape index (κ3) is 4.83. The van der Waals surface area contributed by atoms with Gasteiger partial charge in [-0.2, -0.15) is 0 Å². The first-order valence-corrected chi connectivity index (χ1v) is 6.48. The molecule has 0 unspecified atom stereocenters. The molecule has 0 aromatic rings. The van der Waals surface area contributed by atoms with E-state index in [0.29, 0.717) is 25.8 Å². The van der Waals surface area contributed by atoms with Crippen LogP contribution in [0.1, 0.15) is 51.4 Å². The van der Waals surface area contributed by atoms with Gasteiger partial charge in [0, 0.05) is 25.8 Å². The lowest BCUT2D eigenvalue weighted by Gasteiger charge is -2.18. The van der Waals surface area contributed by atoms with E-state index in [1.165, 1.54) is 4.90 Å². The van der Waals surface area contributed by atoms with Gasteiger partial charge < -0.3 is 0 Å². The van der Waals surface area contributed by atoms with Gasteiger partial charge in [0.2, 0.25) is 17.7 Å². The lowest BCUT2D eigenvalue weighted by Crippen LogP contribution is -2.35. The predicted molar refractivity (Wildman–Crippen MR) is 66.0 cm³/mol. The van der Waals surface area contributed by atoms with E-state index in [0.717, 1.165) is 32.1 Å². The largest absolute Gasteiger partial charge is 0.294 e. The van der Waals surface area contributed by atoms with Crippen molar-refractivity contribution in [3.05, 3.63) is 0 Å². The highest BCUT2D eigenvalue weighted by Crippen LogP contribution is 2.13. The molecule has 0 bridgehead atoms. The fourth-order valence-electron chi connectivity index (χ4n) is 2.02. The molecule has 0 saturated carbocycles. The highest BCUT2D eigenvalue weighted by Gasteiger charge is 2.23. The third-order valence-electron chi connectivity index (χ3n) is 3.08. The second-order valence-electron chi connectivity index (χ2n) is 4.52. The number of carbonyl (C=O) groups excluding carboxylic acids is 3. The van der Waals surface area contributed by atoms with Gasteiger partial charge in [-0.05, 0) is 25.7 Å². The van der Waals surface area contributed by atoms with Crippen LogP contribution in [0, 0.1) is 0 Å². The van der Waals surface area contributed by atoms with Gasteiger partial charge in [-0.25, -0.2) is 5.84 Å². The number of carbonyl (C=O) groups is 3. The molecular weight excluding hydrogens is 234 g/mol. The van der Waals surface area contributed by atoms with E-state index in [1.807, 2.05) is 0 Å². The van der Waals surface area contributed by atoms with Crippen LogP contribution in [0.3, 0.4) is 0 Å². The zero-order chi connectivity index (χ0) is 13.4. The Hall–Kier alpha value is -1.43. The summed E-state index contributed by atoms with van der Waals surface area (Å²) in [6, 6.07) is 0. The molecule has 6 nitrogen and oxygen atoms in total. The number of imide groups is 1. The summed E-state index contributed by atoms with van der Waals surface area (Å²) >= 11 is 0. The number of unbranched alkanes of at least 4 members (excludes halogenated alkanes) is 2. The van der Waals surface area contributed by atoms with Crippen LogP contribution in [-0.4, -0.2) is 29.2 Å². The number of amides is 3. The molecule has 3 N–H and O–H groups in total. The molecule has 1 heterocycles. The van der Waals surface area contributed by atoms with E-state index in [-0.39, 0.29) is 17.7 Å². The number of hydrogen-bond acceptors (Lipinski definition) is 4. The molecule has 0 radical (unpaired) electrons. The smallest absolute Gasteiger partial charge is 0.233 e. The number of rotatable bonds is 6. The van der Waals surface area contributed by atoms with Crippen LogP contribution in [0.5, 0.6) is 0 Å². The van der Waals surface area contributed by atoms with Crippen molar-refractivity contribution in [3.8, 4) is 0 Å². The molecule has 0 aromatic carbocycles. The van der Waals surface area contributed by atoms with Gasteiger partial charge in [0.15, 0.2) is 0 Å². The van der Waals surface area contributed by atoms with Crippen LogP contribution in [-0.2, 0) is 14.4 Å². The van der Waals surface area contributed by atoms with Crippen LogP contribution in [0.15, 0.2) is 0 Å². The molecule has 6 heteroatoms. The van der Waals surface area contributed by atoms with Crippen molar-refractivity contribution in [1.82, 2.24) is 10.3 Å². The maximum Gasteiger partial charge on any atom is 0.233 e. The van der Waals surface area contributed by atoms with Crippen molar-refractivity contribution >= 4 is 17.7 Å². The Balaban J connectivity index is 2.22. The summed E-state index contributed by atoms with van der Waals surface area (Å²) in [4.78, 5) is 35.6.